The average Bonchev–Trinajstić information content (AvgIpc) is 3.17. The molecule has 0 atom stereocenters. The number of hydrogen-bond acceptors (Lipinski definition) is 5. The molecule has 0 aliphatic rings. The van der Waals surface area contributed by atoms with Gasteiger partial charge in [0, 0.05) is 17.5 Å². The van der Waals surface area contributed by atoms with Crippen molar-refractivity contribution in [1.29, 1.82) is 0 Å². The number of hydrogen-bond donors (Lipinski definition) is 1. The number of ether oxygens (including phenoxy) is 1. The Balaban J connectivity index is 1.82. The van der Waals surface area contributed by atoms with Crippen LogP contribution in [0.2, 0.25) is 5.02 Å². The van der Waals surface area contributed by atoms with Gasteiger partial charge in [-0.25, -0.2) is 18.5 Å². The lowest BCUT2D eigenvalue weighted by Gasteiger charge is -2.07. The fourth-order valence-corrected chi connectivity index (χ4v) is 3.97. The minimum absolute atomic E-state index is 0.0216. The zero-order valence-electron chi connectivity index (χ0n) is 16.6. The Hall–Kier alpha value is -3.13. The number of methoxy groups -OCH3 is 1. The van der Waals surface area contributed by atoms with Gasteiger partial charge in [0.1, 0.15) is 11.4 Å². The van der Waals surface area contributed by atoms with Crippen molar-refractivity contribution < 1.29 is 17.6 Å². The molecule has 0 amide bonds. The number of nitrogens with zero attached hydrogens (tertiary/aromatic N) is 1. The highest BCUT2D eigenvalue weighted by molar-refractivity contribution is 7.89. The molecule has 0 bridgehead atoms. The van der Waals surface area contributed by atoms with Crippen molar-refractivity contribution >= 4 is 21.6 Å². The van der Waals surface area contributed by atoms with E-state index in [4.69, 9.17) is 30.9 Å². The van der Waals surface area contributed by atoms with Gasteiger partial charge in [0.05, 0.1) is 17.0 Å². The smallest absolute Gasteiger partial charge is 0.238 e. The predicted molar refractivity (Wildman–Crippen MR) is 120 cm³/mol. The van der Waals surface area contributed by atoms with Gasteiger partial charge in [-0.3, -0.25) is 0 Å². The fraction of sp³-hybridized carbons (Fsp3) is 0.0870. The van der Waals surface area contributed by atoms with Crippen LogP contribution >= 0.6 is 11.6 Å². The zero-order chi connectivity index (χ0) is 22.0. The highest BCUT2D eigenvalue weighted by Crippen LogP contribution is 2.38. The predicted octanol–water partition coefficient (Wildman–Crippen LogP) is 4.91. The van der Waals surface area contributed by atoms with Gasteiger partial charge in [-0.2, -0.15) is 0 Å². The monoisotopic (exact) mass is 454 g/mol. The summed E-state index contributed by atoms with van der Waals surface area (Å²) in [7, 11) is -2.23. The molecule has 1 heterocycles. The molecule has 6 nitrogen and oxygen atoms in total. The van der Waals surface area contributed by atoms with Crippen LogP contribution in [0.15, 0.2) is 82.1 Å². The third-order valence-electron chi connectivity index (χ3n) is 4.75. The highest BCUT2D eigenvalue weighted by atomic mass is 35.5. The second-order valence-corrected chi connectivity index (χ2v) is 8.83. The highest BCUT2D eigenvalue weighted by Gasteiger charge is 2.20. The van der Waals surface area contributed by atoms with Crippen LogP contribution in [0, 0.1) is 0 Å². The Morgan fingerprint density at radius 1 is 1.03 bits per heavy atom. The molecule has 31 heavy (non-hydrogen) atoms. The van der Waals surface area contributed by atoms with Gasteiger partial charge in [-0.15, -0.1) is 0 Å². The number of primary sulfonamides is 1. The van der Waals surface area contributed by atoms with E-state index < -0.39 is 10.0 Å². The summed E-state index contributed by atoms with van der Waals surface area (Å²) < 4.78 is 34.6. The third-order valence-corrected chi connectivity index (χ3v) is 5.99. The van der Waals surface area contributed by atoms with E-state index >= 15 is 0 Å². The molecular formula is C23H19ClN2O4S. The van der Waals surface area contributed by atoms with E-state index in [1.165, 1.54) is 12.1 Å². The summed E-state index contributed by atoms with van der Waals surface area (Å²) in [5.41, 5.74) is 2.93. The molecule has 4 rings (SSSR count). The van der Waals surface area contributed by atoms with E-state index in [9.17, 15) is 8.42 Å². The quantitative estimate of drug-likeness (QED) is 0.446. The molecule has 8 heteroatoms. The number of benzene rings is 3. The number of nitrogens with two attached hydrogens (primary N) is 1. The summed E-state index contributed by atoms with van der Waals surface area (Å²) in [5.74, 6) is 1.62. The first-order valence-corrected chi connectivity index (χ1v) is 11.3. The fourth-order valence-electron chi connectivity index (χ4n) is 3.20. The van der Waals surface area contributed by atoms with Crippen molar-refractivity contribution in [2.75, 3.05) is 7.11 Å². The molecule has 0 saturated heterocycles. The van der Waals surface area contributed by atoms with Crippen molar-refractivity contribution in [3.8, 4) is 28.3 Å². The largest absolute Gasteiger partial charge is 0.497 e. The van der Waals surface area contributed by atoms with E-state index in [0.717, 1.165) is 5.56 Å². The molecule has 2 N–H and O–H groups in total. The van der Waals surface area contributed by atoms with Crippen LogP contribution in [-0.2, 0) is 16.4 Å². The average molecular weight is 455 g/mol. The van der Waals surface area contributed by atoms with Gasteiger partial charge in [0.2, 0.25) is 10.0 Å². The second kappa shape index (κ2) is 8.55. The van der Waals surface area contributed by atoms with Crippen LogP contribution in [0.25, 0.3) is 22.6 Å². The first-order valence-electron chi connectivity index (χ1n) is 9.36. The van der Waals surface area contributed by atoms with Gasteiger partial charge in [-0.1, -0.05) is 54.1 Å². The molecule has 4 aromatic rings. The molecule has 3 aromatic carbocycles. The summed E-state index contributed by atoms with van der Waals surface area (Å²) >= 11 is 6.49. The summed E-state index contributed by atoms with van der Waals surface area (Å²) in [4.78, 5) is 4.71. The Kier molecular flexibility index (Phi) is 5.82. The molecular weight excluding hydrogens is 436 g/mol. The number of aromatic nitrogens is 1. The molecule has 158 valence electrons. The molecule has 0 aliphatic carbocycles. The van der Waals surface area contributed by atoms with Crippen LogP contribution in [0.4, 0.5) is 0 Å². The maximum Gasteiger partial charge on any atom is 0.238 e. The van der Waals surface area contributed by atoms with Crippen molar-refractivity contribution in [3.63, 3.8) is 0 Å². The lowest BCUT2D eigenvalue weighted by molar-refractivity contribution is 0.415. The molecule has 0 saturated carbocycles. The minimum Gasteiger partial charge on any atom is -0.497 e. The number of sulfonamides is 1. The van der Waals surface area contributed by atoms with Crippen molar-refractivity contribution in [2.45, 2.75) is 11.3 Å². The third kappa shape index (κ3) is 4.64. The summed E-state index contributed by atoms with van der Waals surface area (Å²) in [6, 6.07) is 21.3. The lowest BCUT2D eigenvalue weighted by atomic mass is 10.1. The van der Waals surface area contributed by atoms with E-state index in [0.29, 0.717) is 45.7 Å². The van der Waals surface area contributed by atoms with Crippen LogP contribution in [0.1, 0.15) is 11.5 Å². The van der Waals surface area contributed by atoms with Gasteiger partial charge in [0.25, 0.3) is 0 Å². The van der Waals surface area contributed by atoms with Gasteiger partial charge in [0.15, 0.2) is 11.7 Å². The Morgan fingerprint density at radius 3 is 2.35 bits per heavy atom. The number of oxazole rings is 1. The van der Waals surface area contributed by atoms with Gasteiger partial charge >= 0.3 is 0 Å². The molecule has 0 unspecified atom stereocenters. The minimum atomic E-state index is -3.79. The molecule has 0 spiro atoms. The SMILES string of the molecule is COc1ccc(-c2oc(Cc3ccccc3)nc2-c2ccc(S(N)(=O)=O)cc2)c(Cl)c1. The molecule has 0 aliphatic heterocycles. The number of halogens is 1. The van der Waals surface area contributed by atoms with Crippen molar-refractivity contribution in [2.24, 2.45) is 5.14 Å². The first-order chi connectivity index (χ1) is 14.8. The van der Waals surface area contributed by atoms with Crippen LogP contribution in [0.5, 0.6) is 5.75 Å². The van der Waals surface area contributed by atoms with Crippen LogP contribution in [0.3, 0.4) is 0 Å². The topological polar surface area (TPSA) is 95.4 Å². The van der Waals surface area contributed by atoms with Gasteiger partial charge in [-0.05, 0) is 35.9 Å². The molecule has 0 fully saturated rings. The standard InChI is InChI=1S/C23H19ClN2O4S/c1-29-17-9-12-19(20(24)14-17)23-22(16-7-10-18(11-8-16)31(25,27)28)26-21(30-23)13-15-5-3-2-4-6-15/h2-12,14H,13H2,1H3,(H2,25,27,28). The summed E-state index contributed by atoms with van der Waals surface area (Å²) in [5, 5.41) is 5.66. The van der Waals surface area contributed by atoms with Crippen molar-refractivity contribution in [3.05, 3.63) is 89.3 Å². The Bertz CT molecular complexity index is 1320. The second-order valence-electron chi connectivity index (χ2n) is 6.86. The molecule has 0 radical (unpaired) electrons. The number of rotatable bonds is 6. The summed E-state index contributed by atoms with van der Waals surface area (Å²) in [6.07, 6.45) is 0.497. The Morgan fingerprint density at radius 2 is 1.74 bits per heavy atom. The van der Waals surface area contributed by atoms with E-state index in [-0.39, 0.29) is 4.90 Å². The maximum absolute atomic E-state index is 11.6. The van der Waals surface area contributed by atoms with E-state index in [1.807, 2.05) is 30.3 Å². The zero-order valence-corrected chi connectivity index (χ0v) is 18.2. The van der Waals surface area contributed by atoms with Crippen LogP contribution < -0.4 is 9.88 Å². The Labute approximate surface area is 185 Å². The lowest BCUT2D eigenvalue weighted by Crippen LogP contribution is -2.11. The van der Waals surface area contributed by atoms with Crippen LogP contribution in [-0.4, -0.2) is 20.5 Å². The molecule has 1 aromatic heterocycles. The first kappa shape index (κ1) is 21.1. The maximum atomic E-state index is 11.6. The van der Waals surface area contributed by atoms with E-state index in [1.54, 1.807) is 37.4 Å². The normalized spacial score (nSPS) is 11.5. The summed E-state index contributed by atoms with van der Waals surface area (Å²) in [6.45, 7) is 0. The van der Waals surface area contributed by atoms with E-state index in [2.05, 4.69) is 0 Å². The van der Waals surface area contributed by atoms with Crippen molar-refractivity contribution in [1.82, 2.24) is 4.98 Å². The van der Waals surface area contributed by atoms with Gasteiger partial charge < -0.3 is 9.15 Å².